The summed E-state index contributed by atoms with van der Waals surface area (Å²) in [5.74, 6) is 14.5. The zero-order chi connectivity index (χ0) is 71.3. The van der Waals surface area contributed by atoms with E-state index in [1.165, 1.54) is 197 Å². The van der Waals surface area contributed by atoms with Crippen molar-refractivity contribution in [1.29, 1.82) is 0 Å². The predicted molar refractivity (Wildman–Crippen MR) is 416 cm³/mol. The summed E-state index contributed by atoms with van der Waals surface area (Å²) in [5, 5.41) is 10.3. The first-order valence-electron chi connectivity index (χ1n) is 40.6. The molecule has 0 spiro atoms. The SMILES string of the molecule is CC(C)C1CC(N)C1.CC(C)C1CCC1.CC(C)C1CCCC1.CC(C)C1CCCCC1.CC(C)C1CCCNC1.CC(C)C1CC[N+](C)(C)CC1.CC(C)C1CNC(C)(C)C1.CC(C)N1CCNCC1.CC(C)c1cc[n+](C)n1C.CCCC[n+]1ccc(C(C)C)n1C. The Morgan fingerprint density at radius 1 is 0.500 bits per heavy atom. The van der Waals surface area contributed by atoms with E-state index in [1.807, 2.05) is 7.05 Å². The third kappa shape index (κ3) is 38.7. The van der Waals surface area contributed by atoms with E-state index >= 15 is 0 Å². The summed E-state index contributed by atoms with van der Waals surface area (Å²) < 4.78 is 10.0. The van der Waals surface area contributed by atoms with Gasteiger partial charge in [0, 0.05) is 62.4 Å². The quantitative estimate of drug-likeness (QED) is 0.119. The van der Waals surface area contributed by atoms with E-state index in [9.17, 15) is 0 Å². The molecule has 6 heterocycles. The van der Waals surface area contributed by atoms with Gasteiger partial charge in [-0.3, -0.25) is 4.90 Å². The third-order valence-corrected chi connectivity index (χ3v) is 23.5. The maximum atomic E-state index is 5.61. The van der Waals surface area contributed by atoms with Crippen molar-refractivity contribution in [2.24, 2.45) is 110 Å². The second kappa shape index (κ2) is 48.9. The van der Waals surface area contributed by atoms with Crippen LogP contribution in [-0.2, 0) is 27.7 Å². The summed E-state index contributed by atoms with van der Waals surface area (Å²) in [6.45, 7) is 65.1. The number of quaternary nitrogens is 1. The molecule has 4 aliphatic heterocycles. The van der Waals surface area contributed by atoms with E-state index in [0.29, 0.717) is 23.4 Å². The Hall–Kier alpha value is -1.82. The van der Waals surface area contributed by atoms with Crippen molar-refractivity contribution in [3.8, 4) is 0 Å². The molecule has 10 heteroatoms. The molecular weight excluding hydrogens is 1150 g/mol. The average Bonchev–Trinajstić information content (AvgIpc) is 1.60. The molecule has 8 aliphatic rings. The van der Waals surface area contributed by atoms with Crippen molar-refractivity contribution in [3.63, 3.8) is 0 Å². The lowest BCUT2D eigenvalue weighted by Gasteiger charge is -2.38. The molecule has 0 bridgehead atoms. The lowest BCUT2D eigenvalue weighted by atomic mass is 9.74. The van der Waals surface area contributed by atoms with Crippen LogP contribution in [0.2, 0.25) is 0 Å². The summed E-state index contributed by atoms with van der Waals surface area (Å²) in [7, 11) is 11.0. The zero-order valence-electron chi connectivity index (χ0n) is 68.9. The van der Waals surface area contributed by atoms with Crippen LogP contribution >= 0.6 is 0 Å². The van der Waals surface area contributed by atoms with Crippen molar-refractivity contribution >= 4 is 0 Å². The van der Waals surface area contributed by atoms with Crippen LogP contribution in [0.3, 0.4) is 0 Å². The van der Waals surface area contributed by atoms with Crippen LogP contribution in [-0.4, -0.2) is 109 Å². The number of aryl methyl sites for hydroxylation is 2. The van der Waals surface area contributed by atoms with Gasteiger partial charge in [-0.05, 0) is 187 Å². The van der Waals surface area contributed by atoms with Gasteiger partial charge in [0.2, 0.25) is 0 Å². The molecule has 5 N–H and O–H groups in total. The molecule has 4 saturated carbocycles. The maximum Gasteiger partial charge on any atom is 0.195 e. The molecule has 556 valence electrons. The number of rotatable bonds is 13. The van der Waals surface area contributed by atoms with Crippen molar-refractivity contribution in [2.45, 2.75) is 330 Å². The second-order valence-electron chi connectivity index (χ2n) is 35.7. The van der Waals surface area contributed by atoms with E-state index in [2.05, 4.69) is 252 Å². The Balaban J connectivity index is 0.000000524. The number of nitrogens with zero attached hydrogens (tertiary/aromatic N) is 6. The molecule has 2 atom stereocenters. The molecule has 10 nitrogen and oxygen atoms in total. The lowest BCUT2D eigenvalue weighted by molar-refractivity contribution is -0.896. The van der Waals surface area contributed by atoms with E-state index in [1.54, 1.807) is 0 Å². The van der Waals surface area contributed by atoms with Crippen LogP contribution in [0.4, 0.5) is 0 Å². The Bertz CT molecular complexity index is 2010. The van der Waals surface area contributed by atoms with Crippen LogP contribution in [0, 0.1) is 82.9 Å². The molecule has 2 aromatic heterocycles. The number of hydrogen-bond donors (Lipinski definition) is 4. The normalized spacial score (nSPS) is 23.1. The number of piperazine rings is 1. The van der Waals surface area contributed by atoms with Crippen molar-refractivity contribution in [3.05, 3.63) is 35.9 Å². The Morgan fingerprint density at radius 3 is 1.18 bits per heavy atom. The largest absolute Gasteiger partial charge is 0.328 e. The van der Waals surface area contributed by atoms with Crippen LogP contribution in [0.15, 0.2) is 24.5 Å². The Morgan fingerprint density at radius 2 is 0.915 bits per heavy atom. The van der Waals surface area contributed by atoms with Gasteiger partial charge in [-0.25, -0.2) is 0 Å². The minimum atomic E-state index is 0.398. The maximum absolute atomic E-state index is 5.61. The fourth-order valence-electron chi connectivity index (χ4n) is 14.8. The van der Waals surface area contributed by atoms with Crippen molar-refractivity contribution in [2.75, 3.05) is 73.0 Å². The standard InChI is InChI=1S/C11H21N2.C10H22N.C9H19N.C9H18.C8H15N2.C8H17N.C8H16.C7H16N2.C7H15N.C7H14/c1-5-6-8-13-9-7-11(10(2)3)12(13)4;1-9(2)10-5-7-11(3,4)8-6-10;1-7(2)8-5-9(3,4)10-6-8;1-8(2)9-6-4-3-5-7-9;1-7(2)8-5-6-9(3)10(8)4;1-7(2)8-4-3-5-9-6-8;1-7(2)8-5-3-4-6-8;1-7(2)9-5-3-8-4-6-9;1-5(2)6-3-7(8)4-6;1-6(2)7-4-3-5-7/h7,9-10H,5-6,8H2,1-4H3;9-10H,5-8H2,1-4H3;7-8,10H,5-6H2,1-4H3;8-9H,3-7H2,1-2H3;5-7H,1-4H3;7-9H,3-6H2,1-2H3;7-8H,3-6H2,1-2H3;7-8H,3-6H2,1-2H3;5-7H,3-4,8H2,1-2H3;6-7H,3-5H2,1-2H3/q2*+1;;;+1;;;;;. The highest BCUT2D eigenvalue weighted by molar-refractivity contribution is 5.02. The first kappa shape index (κ1) is 90.2. The predicted octanol–water partition coefficient (Wildman–Crippen LogP) is 19.2. The number of hydrogen-bond acceptors (Lipinski definition) is 5. The monoisotopic (exact) mass is 1320 g/mol. The highest BCUT2D eigenvalue weighted by Gasteiger charge is 2.32. The van der Waals surface area contributed by atoms with E-state index in [0.717, 1.165) is 109 Å². The summed E-state index contributed by atoms with van der Waals surface area (Å²) >= 11 is 0. The van der Waals surface area contributed by atoms with E-state index in [-0.39, 0.29) is 0 Å². The van der Waals surface area contributed by atoms with Crippen LogP contribution in [0.25, 0.3) is 0 Å². The first-order chi connectivity index (χ1) is 44.0. The van der Waals surface area contributed by atoms with Gasteiger partial charge < -0.3 is 26.2 Å². The number of aromatic nitrogens is 4. The van der Waals surface area contributed by atoms with Crippen molar-refractivity contribution < 1.29 is 13.8 Å². The molecule has 4 aliphatic carbocycles. The Labute approximate surface area is 589 Å². The van der Waals surface area contributed by atoms with Gasteiger partial charge in [-0.1, -0.05) is 215 Å². The molecule has 0 amide bonds. The minimum absolute atomic E-state index is 0.398. The topological polar surface area (TPSA) is 83.0 Å². The molecular formula is C84H173N10+3. The summed E-state index contributed by atoms with van der Waals surface area (Å²) in [4.78, 5) is 2.50. The van der Waals surface area contributed by atoms with Gasteiger partial charge in [-0.2, -0.15) is 9.36 Å². The number of likely N-dealkylation sites (tertiary alicyclic amines) is 1. The fraction of sp³-hybridized carbons (Fsp3) is 0.929. The highest BCUT2D eigenvalue weighted by atomic mass is 15.4. The molecule has 0 aromatic carbocycles. The highest BCUT2D eigenvalue weighted by Crippen LogP contribution is 2.34. The van der Waals surface area contributed by atoms with E-state index < -0.39 is 0 Å². The first-order valence-corrected chi connectivity index (χ1v) is 40.6. The Kier molecular flexibility index (Phi) is 46.9. The zero-order valence-corrected chi connectivity index (χ0v) is 68.9. The molecule has 2 aromatic rings. The van der Waals surface area contributed by atoms with Gasteiger partial charge in [0.25, 0.3) is 0 Å². The fourth-order valence-corrected chi connectivity index (χ4v) is 14.8. The van der Waals surface area contributed by atoms with Crippen LogP contribution in [0.1, 0.15) is 317 Å². The molecule has 94 heavy (non-hydrogen) atoms. The van der Waals surface area contributed by atoms with Gasteiger partial charge >= 0.3 is 0 Å². The molecule has 4 saturated heterocycles. The third-order valence-electron chi connectivity index (χ3n) is 23.5. The number of unbranched alkanes of at least 4 members (excludes halogenated alkanes) is 1. The average molecular weight is 1320 g/mol. The van der Waals surface area contributed by atoms with Crippen LogP contribution < -0.4 is 31.0 Å². The summed E-state index contributed by atoms with van der Waals surface area (Å²) in [6, 6.07) is 5.64. The van der Waals surface area contributed by atoms with Gasteiger partial charge in [0.1, 0.15) is 0 Å². The number of nitrogens with two attached hydrogens (primary N) is 1. The molecule has 2 unspecified atom stereocenters. The molecule has 10 rings (SSSR count). The summed E-state index contributed by atoms with van der Waals surface area (Å²) in [5.41, 5.74) is 8.79. The van der Waals surface area contributed by atoms with Gasteiger partial charge in [0.15, 0.2) is 26.0 Å². The molecule has 0 radical (unpaired) electrons. The number of piperidine rings is 2. The summed E-state index contributed by atoms with van der Waals surface area (Å²) in [6.07, 6.45) is 34.3. The van der Waals surface area contributed by atoms with Crippen molar-refractivity contribution in [1.82, 2.24) is 30.2 Å². The molecule has 8 fully saturated rings. The van der Waals surface area contributed by atoms with Crippen LogP contribution in [0.5, 0.6) is 0 Å². The number of nitrogens with one attached hydrogen (secondary N) is 3. The van der Waals surface area contributed by atoms with Gasteiger partial charge in [0.05, 0.1) is 52.7 Å². The van der Waals surface area contributed by atoms with Gasteiger partial charge in [-0.15, -0.1) is 9.36 Å². The minimum Gasteiger partial charge on any atom is -0.328 e. The smallest absolute Gasteiger partial charge is 0.195 e. The van der Waals surface area contributed by atoms with E-state index in [4.69, 9.17) is 5.73 Å². The lowest BCUT2D eigenvalue weighted by Crippen LogP contribution is -2.46. The second-order valence-corrected chi connectivity index (χ2v) is 35.7.